The van der Waals surface area contributed by atoms with Crippen molar-refractivity contribution >= 4 is 5.78 Å². The molecule has 3 heteroatoms. The Balaban J connectivity index is 1.91. The van der Waals surface area contributed by atoms with Gasteiger partial charge < -0.3 is 4.74 Å². The first-order valence-corrected chi connectivity index (χ1v) is 7.02. The summed E-state index contributed by atoms with van der Waals surface area (Å²) in [4.78, 5) is 12.0. The third-order valence-corrected chi connectivity index (χ3v) is 3.95. The predicted molar refractivity (Wildman–Crippen MR) is 73.4 cm³/mol. The van der Waals surface area contributed by atoms with Crippen LogP contribution in [0.1, 0.15) is 48.9 Å². The van der Waals surface area contributed by atoms with E-state index >= 15 is 0 Å². The van der Waals surface area contributed by atoms with E-state index in [0.717, 1.165) is 25.7 Å². The van der Waals surface area contributed by atoms with Gasteiger partial charge in [-0.25, -0.2) is 4.39 Å². The van der Waals surface area contributed by atoms with Gasteiger partial charge in [-0.1, -0.05) is 19.3 Å². The van der Waals surface area contributed by atoms with E-state index in [4.69, 9.17) is 4.74 Å². The van der Waals surface area contributed by atoms with Crippen molar-refractivity contribution in [3.05, 3.63) is 29.8 Å². The van der Waals surface area contributed by atoms with Crippen molar-refractivity contribution in [3.8, 4) is 5.75 Å². The number of alkyl halides is 1. The number of hydrogen-bond donors (Lipinski definition) is 0. The van der Waals surface area contributed by atoms with Gasteiger partial charge in [0.15, 0.2) is 5.78 Å². The Labute approximate surface area is 114 Å². The maximum Gasteiger partial charge on any atom is 0.165 e. The number of Topliss-reactive ketones (excluding diaryl/α,β-unsaturated/α-hetero) is 1. The molecule has 0 aliphatic heterocycles. The minimum Gasteiger partial charge on any atom is -0.497 e. The van der Waals surface area contributed by atoms with Gasteiger partial charge in [-0.15, -0.1) is 0 Å². The minimum atomic E-state index is -0.991. The molecule has 0 radical (unpaired) electrons. The number of carbonyl (C=O) groups is 1. The number of ether oxygens (including phenoxy) is 1. The maximum absolute atomic E-state index is 14.1. The van der Waals surface area contributed by atoms with Crippen LogP contribution in [0, 0.1) is 5.92 Å². The molecule has 1 aromatic rings. The molecule has 0 saturated heterocycles. The second kappa shape index (κ2) is 6.69. The molecular formula is C16H21FO2. The Morgan fingerprint density at radius 1 is 1.26 bits per heavy atom. The van der Waals surface area contributed by atoms with Crippen molar-refractivity contribution in [2.24, 2.45) is 5.92 Å². The fourth-order valence-corrected chi connectivity index (χ4v) is 2.73. The van der Waals surface area contributed by atoms with E-state index in [1.54, 1.807) is 31.4 Å². The zero-order valence-electron chi connectivity index (χ0n) is 11.4. The van der Waals surface area contributed by atoms with E-state index in [9.17, 15) is 9.18 Å². The number of methoxy groups -OCH3 is 1. The summed E-state index contributed by atoms with van der Waals surface area (Å²) in [6.07, 6.45) is 4.28. The molecule has 1 unspecified atom stereocenters. The first-order valence-electron chi connectivity index (χ1n) is 7.02. The summed E-state index contributed by atoms with van der Waals surface area (Å²) >= 11 is 0. The van der Waals surface area contributed by atoms with Gasteiger partial charge in [0.1, 0.15) is 11.9 Å². The minimum absolute atomic E-state index is 0.0109. The Morgan fingerprint density at radius 2 is 1.89 bits per heavy atom. The molecule has 0 spiro atoms. The van der Waals surface area contributed by atoms with Crippen molar-refractivity contribution in [1.29, 1.82) is 0 Å². The lowest BCUT2D eigenvalue weighted by molar-refractivity contribution is 0.0893. The van der Waals surface area contributed by atoms with Gasteiger partial charge in [0.2, 0.25) is 0 Å². The highest BCUT2D eigenvalue weighted by Gasteiger charge is 2.25. The van der Waals surface area contributed by atoms with Gasteiger partial charge >= 0.3 is 0 Å². The summed E-state index contributed by atoms with van der Waals surface area (Å²) in [6, 6.07) is 6.88. The number of rotatable bonds is 5. The first-order chi connectivity index (χ1) is 9.20. The van der Waals surface area contributed by atoms with Crippen molar-refractivity contribution in [3.63, 3.8) is 0 Å². The van der Waals surface area contributed by atoms with Gasteiger partial charge in [-0.05, 0) is 43.0 Å². The Kier molecular flexibility index (Phi) is 4.94. The lowest BCUT2D eigenvalue weighted by Crippen LogP contribution is -2.22. The smallest absolute Gasteiger partial charge is 0.165 e. The van der Waals surface area contributed by atoms with Crippen LogP contribution >= 0.6 is 0 Å². The normalized spacial score (nSPS) is 18.0. The van der Waals surface area contributed by atoms with Crippen molar-refractivity contribution in [2.75, 3.05) is 7.11 Å². The molecule has 2 nitrogen and oxygen atoms in total. The van der Waals surface area contributed by atoms with Crippen LogP contribution in [0.2, 0.25) is 0 Å². The van der Waals surface area contributed by atoms with Gasteiger partial charge in [0.25, 0.3) is 0 Å². The Bertz CT molecular complexity index is 407. The number of ketones is 1. The zero-order valence-corrected chi connectivity index (χ0v) is 11.4. The average Bonchev–Trinajstić information content (AvgIpc) is 2.48. The summed E-state index contributed by atoms with van der Waals surface area (Å²) in [5.41, 5.74) is 0.569. The largest absolute Gasteiger partial charge is 0.497 e. The molecule has 1 fully saturated rings. The summed E-state index contributed by atoms with van der Waals surface area (Å²) in [5, 5.41) is 0. The summed E-state index contributed by atoms with van der Waals surface area (Å²) in [5.74, 6) is 0.678. The molecule has 2 rings (SSSR count). The Morgan fingerprint density at radius 3 is 2.47 bits per heavy atom. The quantitative estimate of drug-likeness (QED) is 0.745. The number of hydrogen-bond acceptors (Lipinski definition) is 2. The standard InChI is InChI=1S/C16H21FO2/c1-19-14-9-7-13(8-10-14)16(18)11-15(17)12-5-3-2-4-6-12/h7-10,12,15H,2-6,11H2,1H3. The van der Waals surface area contributed by atoms with Crippen molar-refractivity contribution in [2.45, 2.75) is 44.7 Å². The van der Waals surface area contributed by atoms with Crippen LogP contribution in [0.3, 0.4) is 0 Å². The van der Waals surface area contributed by atoms with Crippen LogP contribution in [0.5, 0.6) is 5.75 Å². The van der Waals surface area contributed by atoms with E-state index in [1.807, 2.05) is 0 Å². The van der Waals surface area contributed by atoms with E-state index in [-0.39, 0.29) is 18.1 Å². The monoisotopic (exact) mass is 264 g/mol. The summed E-state index contributed by atoms with van der Waals surface area (Å²) in [6.45, 7) is 0. The second-order valence-electron chi connectivity index (χ2n) is 5.27. The van der Waals surface area contributed by atoms with Crippen LogP contribution in [0.25, 0.3) is 0 Å². The second-order valence-corrected chi connectivity index (χ2v) is 5.27. The topological polar surface area (TPSA) is 26.3 Å². The average molecular weight is 264 g/mol. The molecule has 1 saturated carbocycles. The third-order valence-electron chi connectivity index (χ3n) is 3.95. The molecular weight excluding hydrogens is 243 g/mol. The molecule has 0 N–H and O–H groups in total. The number of benzene rings is 1. The summed E-state index contributed by atoms with van der Waals surface area (Å²) < 4.78 is 19.2. The van der Waals surface area contributed by atoms with Crippen LogP contribution in [0.4, 0.5) is 4.39 Å². The molecule has 1 atom stereocenters. The number of carbonyl (C=O) groups excluding carboxylic acids is 1. The summed E-state index contributed by atoms with van der Waals surface area (Å²) in [7, 11) is 1.58. The van der Waals surface area contributed by atoms with Crippen LogP contribution < -0.4 is 4.74 Å². The highest BCUT2D eigenvalue weighted by molar-refractivity contribution is 5.96. The highest BCUT2D eigenvalue weighted by atomic mass is 19.1. The van der Waals surface area contributed by atoms with Crippen LogP contribution in [-0.2, 0) is 0 Å². The van der Waals surface area contributed by atoms with E-state index < -0.39 is 6.17 Å². The fourth-order valence-electron chi connectivity index (χ4n) is 2.73. The molecule has 0 bridgehead atoms. The van der Waals surface area contributed by atoms with Crippen molar-refractivity contribution in [1.82, 2.24) is 0 Å². The molecule has 104 valence electrons. The Hall–Kier alpha value is -1.38. The molecule has 19 heavy (non-hydrogen) atoms. The van der Waals surface area contributed by atoms with Crippen molar-refractivity contribution < 1.29 is 13.9 Å². The molecule has 0 aromatic heterocycles. The van der Waals surface area contributed by atoms with Gasteiger partial charge in [0, 0.05) is 12.0 Å². The first kappa shape index (κ1) is 14.0. The SMILES string of the molecule is COc1ccc(C(=O)CC(F)C2CCCCC2)cc1. The van der Waals surface area contributed by atoms with E-state index in [0.29, 0.717) is 11.3 Å². The van der Waals surface area contributed by atoms with Gasteiger partial charge in [-0.3, -0.25) is 4.79 Å². The third kappa shape index (κ3) is 3.79. The van der Waals surface area contributed by atoms with Crippen LogP contribution in [-0.4, -0.2) is 19.1 Å². The van der Waals surface area contributed by atoms with Gasteiger partial charge in [-0.2, -0.15) is 0 Å². The predicted octanol–water partition coefficient (Wildman–Crippen LogP) is 4.19. The van der Waals surface area contributed by atoms with Gasteiger partial charge in [0.05, 0.1) is 7.11 Å². The number of halogens is 1. The van der Waals surface area contributed by atoms with E-state index in [1.165, 1.54) is 6.42 Å². The van der Waals surface area contributed by atoms with Crippen LogP contribution in [0.15, 0.2) is 24.3 Å². The lowest BCUT2D eigenvalue weighted by Gasteiger charge is -2.24. The fraction of sp³-hybridized carbons (Fsp3) is 0.562. The molecule has 0 amide bonds. The molecule has 1 aliphatic carbocycles. The molecule has 1 aromatic carbocycles. The van der Waals surface area contributed by atoms with E-state index in [2.05, 4.69) is 0 Å². The zero-order chi connectivity index (χ0) is 13.7. The lowest BCUT2D eigenvalue weighted by atomic mass is 9.84. The molecule has 1 aliphatic rings. The molecule has 0 heterocycles. The maximum atomic E-state index is 14.1. The highest BCUT2D eigenvalue weighted by Crippen LogP contribution is 2.30.